The van der Waals surface area contributed by atoms with Crippen molar-refractivity contribution in [1.29, 1.82) is 0 Å². The molecule has 1 fully saturated rings. The van der Waals surface area contributed by atoms with Crippen LogP contribution in [0.5, 0.6) is 0 Å². The Morgan fingerprint density at radius 2 is 2.17 bits per heavy atom. The minimum absolute atomic E-state index is 0.0150. The van der Waals surface area contributed by atoms with Gasteiger partial charge in [-0.1, -0.05) is 23.9 Å². The third-order valence-corrected chi connectivity index (χ3v) is 8.12. The van der Waals surface area contributed by atoms with Gasteiger partial charge in [-0.15, -0.1) is 27.8 Å². The quantitative estimate of drug-likeness (QED) is 0.537. The van der Waals surface area contributed by atoms with Crippen LogP contribution in [-0.2, 0) is 11.8 Å². The summed E-state index contributed by atoms with van der Waals surface area (Å²) in [6.07, 6.45) is 5.42. The Morgan fingerprint density at radius 3 is 2.90 bits per heavy atom. The molecule has 1 aliphatic carbocycles. The lowest BCUT2D eigenvalue weighted by molar-refractivity contribution is -0.130. The lowest BCUT2D eigenvalue weighted by Crippen LogP contribution is -2.32. The molecule has 1 aliphatic heterocycles. The van der Waals surface area contributed by atoms with Crippen LogP contribution in [0.4, 0.5) is 0 Å². The largest absolute Gasteiger partial charge is 0.272 e. The molecule has 0 radical (unpaired) electrons. The van der Waals surface area contributed by atoms with E-state index >= 15 is 0 Å². The number of carbonyl (C=O) groups excluding carboxylic acids is 1. The molecule has 2 atom stereocenters. The molecule has 2 aliphatic rings. The van der Waals surface area contributed by atoms with Gasteiger partial charge in [0.05, 0.1) is 17.5 Å². The SMILES string of the molecule is Cn1nnnc1SCC(=O)N1N=C2/C(=C/c3cccs3)CCCC2C1c1cccs1. The minimum Gasteiger partial charge on any atom is -0.272 e. The molecule has 0 bridgehead atoms. The Hall–Kier alpha value is -2.30. The molecule has 1 saturated carbocycles. The van der Waals surface area contributed by atoms with Crippen molar-refractivity contribution in [2.45, 2.75) is 30.5 Å². The summed E-state index contributed by atoms with van der Waals surface area (Å²) in [5.41, 5.74) is 2.34. The van der Waals surface area contributed by atoms with E-state index in [1.807, 2.05) is 6.07 Å². The van der Waals surface area contributed by atoms with Crippen molar-refractivity contribution in [3.05, 3.63) is 50.4 Å². The summed E-state index contributed by atoms with van der Waals surface area (Å²) in [6, 6.07) is 8.33. The van der Waals surface area contributed by atoms with Gasteiger partial charge in [-0.3, -0.25) is 4.79 Å². The zero-order valence-corrected chi connectivity index (χ0v) is 18.8. The van der Waals surface area contributed by atoms with E-state index in [-0.39, 0.29) is 23.6 Å². The predicted octanol–water partition coefficient (Wildman–Crippen LogP) is 4.25. The number of aromatic nitrogens is 4. The number of rotatable bonds is 5. The third kappa shape index (κ3) is 3.75. The van der Waals surface area contributed by atoms with Gasteiger partial charge in [0.2, 0.25) is 5.16 Å². The first kappa shape index (κ1) is 19.7. The van der Waals surface area contributed by atoms with Gasteiger partial charge < -0.3 is 0 Å². The zero-order chi connectivity index (χ0) is 20.5. The van der Waals surface area contributed by atoms with Crippen molar-refractivity contribution in [2.75, 3.05) is 5.75 Å². The van der Waals surface area contributed by atoms with E-state index in [4.69, 9.17) is 5.10 Å². The topological polar surface area (TPSA) is 76.3 Å². The highest BCUT2D eigenvalue weighted by Crippen LogP contribution is 2.45. The van der Waals surface area contributed by atoms with Crippen LogP contribution >= 0.6 is 34.4 Å². The fraction of sp³-hybridized carbons (Fsp3) is 0.350. The molecule has 5 rings (SSSR count). The maximum Gasteiger partial charge on any atom is 0.253 e. The first-order valence-corrected chi connectivity index (χ1v) is 12.5. The third-order valence-electron chi connectivity index (χ3n) is 5.36. The van der Waals surface area contributed by atoms with Gasteiger partial charge in [-0.05, 0) is 64.2 Å². The van der Waals surface area contributed by atoms with E-state index in [1.54, 1.807) is 39.4 Å². The van der Waals surface area contributed by atoms with Crippen LogP contribution in [0.15, 0.2) is 50.9 Å². The number of allylic oxidation sites excluding steroid dienone is 1. The summed E-state index contributed by atoms with van der Waals surface area (Å²) in [6.45, 7) is 0. The van der Waals surface area contributed by atoms with Crippen molar-refractivity contribution >= 4 is 52.1 Å². The van der Waals surface area contributed by atoms with Gasteiger partial charge in [0.1, 0.15) is 0 Å². The fourth-order valence-corrected chi connectivity index (χ4v) is 6.29. The van der Waals surface area contributed by atoms with Crippen LogP contribution in [0.3, 0.4) is 0 Å². The van der Waals surface area contributed by atoms with E-state index in [1.165, 1.54) is 27.1 Å². The van der Waals surface area contributed by atoms with Gasteiger partial charge in [0.25, 0.3) is 5.91 Å². The molecule has 7 nitrogen and oxygen atoms in total. The first-order valence-electron chi connectivity index (χ1n) is 9.74. The van der Waals surface area contributed by atoms with Gasteiger partial charge in [0, 0.05) is 22.7 Å². The molecule has 2 unspecified atom stereocenters. The number of aryl methyl sites for hydroxylation is 1. The number of thiophene rings is 2. The average molecular weight is 457 g/mol. The van der Waals surface area contributed by atoms with Crippen molar-refractivity contribution < 1.29 is 4.79 Å². The van der Waals surface area contributed by atoms with Crippen molar-refractivity contribution in [2.24, 2.45) is 18.1 Å². The summed E-state index contributed by atoms with van der Waals surface area (Å²) in [7, 11) is 1.77. The summed E-state index contributed by atoms with van der Waals surface area (Å²) in [5.74, 6) is 0.483. The number of carbonyl (C=O) groups is 1. The van der Waals surface area contributed by atoms with Crippen LogP contribution in [0.1, 0.15) is 35.1 Å². The Bertz CT molecular complexity index is 1090. The van der Waals surface area contributed by atoms with E-state index in [2.05, 4.69) is 50.6 Å². The standard InChI is InChI=1S/C20H20N6OS3/c1-25-20(21-23-24-25)30-12-17(27)26-19(16-8-4-10-29-16)15-7-2-5-13(18(15)22-26)11-14-6-3-9-28-14/h3-4,6,8-11,15,19H,2,5,7,12H2,1H3/b13-11+. The van der Waals surface area contributed by atoms with Crippen LogP contribution < -0.4 is 0 Å². The second-order valence-electron chi connectivity index (χ2n) is 7.24. The van der Waals surface area contributed by atoms with E-state index < -0.39 is 0 Å². The van der Waals surface area contributed by atoms with Crippen LogP contribution in [0, 0.1) is 5.92 Å². The molecule has 1 amide bonds. The monoisotopic (exact) mass is 456 g/mol. The molecule has 154 valence electrons. The normalized spacial score (nSPS) is 22.4. The predicted molar refractivity (Wildman–Crippen MR) is 121 cm³/mol. The maximum atomic E-state index is 13.2. The first-order chi connectivity index (χ1) is 14.7. The van der Waals surface area contributed by atoms with Gasteiger partial charge in [-0.2, -0.15) is 5.10 Å². The molecule has 4 heterocycles. The number of hydrogen-bond acceptors (Lipinski definition) is 8. The molecular formula is C20H20N6OS3. The molecule has 0 spiro atoms. The molecule has 0 N–H and O–H groups in total. The molecule has 3 aromatic heterocycles. The summed E-state index contributed by atoms with van der Waals surface area (Å²) in [4.78, 5) is 15.7. The van der Waals surface area contributed by atoms with Crippen molar-refractivity contribution in [1.82, 2.24) is 25.2 Å². The minimum atomic E-state index is -0.0299. The summed E-state index contributed by atoms with van der Waals surface area (Å²) >= 11 is 4.77. The van der Waals surface area contributed by atoms with Crippen LogP contribution in [0.25, 0.3) is 6.08 Å². The number of nitrogens with zero attached hydrogens (tertiary/aromatic N) is 6. The molecule has 0 saturated heterocycles. The van der Waals surface area contributed by atoms with Crippen molar-refractivity contribution in [3.63, 3.8) is 0 Å². The van der Waals surface area contributed by atoms with E-state index in [0.717, 1.165) is 25.0 Å². The molecular weight excluding hydrogens is 436 g/mol. The highest BCUT2D eigenvalue weighted by molar-refractivity contribution is 7.99. The van der Waals surface area contributed by atoms with Crippen molar-refractivity contribution in [3.8, 4) is 0 Å². The van der Waals surface area contributed by atoms with Gasteiger partial charge in [-0.25, -0.2) is 9.69 Å². The smallest absolute Gasteiger partial charge is 0.253 e. The highest BCUT2D eigenvalue weighted by Gasteiger charge is 2.44. The number of fused-ring (bicyclic) bond motifs is 1. The second-order valence-corrected chi connectivity index (χ2v) is 10.1. The number of hydrazone groups is 1. The number of hydrogen-bond donors (Lipinski definition) is 0. The fourth-order valence-electron chi connectivity index (χ4n) is 4.03. The van der Waals surface area contributed by atoms with Gasteiger partial charge in [0.15, 0.2) is 0 Å². The Morgan fingerprint density at radius 1 is 1.30 bits per heavy atom. The second kappa shape index (κ2) is 8.44. The Labute approximate surface area is 186 Å². The average Bonchev–Trinajstić information content (AvgIpc) is 3.53. The Balaban J connectivity index is 1.45. The lowest BCUT2D eigenvalue weighted by Gasteiger charge is -2.28. The zero-order valence-electron chi connectivity index (χ0n) is 16.3. The highest BCUT2D eigenvalue weighted by atomic mass is 32.2. The lowest BCUT2D eigenvalue weighted by atomic mass is 9.79. The maximum absolute atomic E-state index is 13.2. The van der Waals surface area contributed by atoms with E-state index in [9.17, 15) is 4.79 Å². The molecule has 10 heteroatoms. The summed E-state index contributed by atoms with van der Waals surface area (Å²) in [5, 5.41) is 22.8. The number of tetrazole rings is 1. The van der Waals surface area contributed by atoms with Gasteiger partial charge >= 0.3 is 0 Å². The Kier molecular flexibility index (Phi) is 5.53. The molecule has 0 aromatic carbocycles. The van der Waals surface area contributed by atoms with Crippen LogP contribution in [-0.4, -0.2) is 42.6 Å². The molecule has 30 heavy (non-hydrogen) atoms. The van der Waals surface area contributed by atoms with E-state index in [0.29, 0.717) is 5.16 Å². The number of thioether (sulfide) groups is 1. The molecule has 3 aromatic rings. The number of amides is 1. The summed E-state index contributed by atoms with van der Waals surface area (Å²) < 4.78 is 1.58. The van der Waals surface area contributed by atoms with Crippen LogP contribution in [0.2, 0.25) is 0 Å².